The van der Waals surface area contributed by atoms with E-state index in [4.69, 9.17) is 10.5 Å². The summed E-state index contributed by atoms with van der Waals surface area (Å²) in [5.41, 5.74) is 6.89. The summed E-state index contributed by atoms with van der Waals surface area (Å²) in [7, 11) is 1.60. The lowest BCUT2D eigenvalue weighted by Gasteiger charge is -2.10. The van der Waals surface area contributed by atoms with Crippen LogP contribution in [-0.4, -0.2) is 17.1 Å². The smallest absolute Gasteiger partial charge is 0.216 e. The molecule has 4 nitrogen and oxygen atoms in total. The first kappa shape index (κ1) is 9.40. The molecule has 1 aromatic rings. The third kappa shape index (κ3) is 2.20. The van der Waals surface area contributed by atoms with Gasteiger partial charge in [0.15, 0.2) is 0 Å². The molecule has 1 aliphatic carbocycles. The average molecular weight is 193 g/mol. The van der Waals surface area contributed by atoms with Gasteiger partial charge in [0.05, 0.1) is 12.8 Å². The first-order chi connectivity index (χ1) is 6.79. The maximum Gasteiger partial charge on any atom is 0.216 e. The molecule has 0 aromatic carbocycles. The van der Waals surface area contributed by atoms with Crippen molar-refractivity contribution >= 4 is 0 Å². The Labute approximate surface area is 83.5 Å². The molecule has 0 spiro atoms. The van der Waals surface area contributed by atoms with E-state index in [2.05, 4.69) is 9.97 Å². The van der Waals surface area contributed by atoms with Gasteiger partial charge in [-0.3, -0.25) is 0 Å². The molecular weight excluding hydrogens is 178 g/mol. The largest absolute Gasteiger partial charge is 0.481 e. The normalized spacial score (nSPS) is 17.9. The van der Waals surface area contributed by atoms with Crippen LogP contribution in [0.25, 0.3) is 0 Å². The van der Waals surface area contributed by atoms with Gasteiger partial charge in [0.25, 0.3) is 0 Å². The van der Waals surface area contributed by atoms with Crippen molar-refractivity contribution in [2.45, 2.75) is 25.3 Å². The van der Waals surface area contributed by atoms with Gasteiger partial charge in [0.2, 0.25) is 5.88 Å². The van der Waals surface area contributed by atoms with Crippen molar-refractivity contribution in [1.82, 2.24) is 9.97 Å². The summed E-state index contributed by atoms with van der Waals surface area (Å²) in [6.45, 7) is 0. The molecule has 1 atom stereocenters. The summed E-state index contributed by atoms with van der Waals surface area (Å²) in [6.07, 6.45) is 5.16. The molecular formula is C10H15N3O. The molecule has 0 radical (unpaired) electrons. The Morgan fingerprint density at radius 3 is 3.00 bits per heavy atom. The van der Waals surface area contributed by atoms with Gasteiger partial charge in [0, 0.05) is 12.1 Å². The fourth-order valence-electron chi connectivity index (χ4n) is 1.50. The van der Waals surface area contributed by atoms with Gasteiger partial charge in [-0.2, -0.15) is 0 Å². The fourth-order valence-corrected chi connectivity index (χ4v) is 1.50. The van der Waals surface area contributed by atoms with Crippen LogP contribution in [0.4, 0.5) is 0 Å². The van der Waals surface area contributed by atoms with E-state index < -0.39 is 0 Å². The number of hydrogen-bond donors (Lipinski definition) is 1. The van der Waals surface area contributed by atoms with E-state index >= 15 is 0 Å². The van der Waals surface area contributed by atoms with Crippen LogP contribution in [0.1, 0.15) is 31.0 Å². The molecule has 1 aromatic heterocycles. The number of ether oxygens (including phenoxy) is 1. The lowest BCUT2D eigenvalue weighted by molar-refractivity contribution is 0.394. The Morgan fingerprint density at radius 2 is 2.36 bits per heavy atom. The van der Waals surface area contributed by atoms with Crippen LogP contribution in [0, 0.1) is 5.92 Å². The summed E-state index contributed by atoms with van der Waals surface area (Å²) in [5, 5.41) is 0. The second-order valence-electron chi connectivity index (χ2n) is 3.77. The van der Waals surface area contributed by atoms with Gasteiger partial charge in [0.1, 0.15) is 6.33 Å². The second kappa shape index (κ2) is 3.92. The van der Waals surface area contributed by atoms with Crippen LogP contribution in [-0.2, 0) is 0 Å². The highest BCUT2D eigenvalue weighted by atomic mass is 16.5. The number of methoxy groups -OCH3 is 1. The molecule has 1 heterocycles. The molecule has 76 valence electrons. The Morgan fingerprint density at radius 1 is 1.57 bits per heavy atom. The minimum atomic E-state index is 0.0272. The van der Waals surface area contributed by atoms with E-state index in [0.29, 0.717) is 5.88 Å². The van der Waals surface area contributed by atoms with Crippen molar-refractivity contribution in [2.75, 3.05) is 7.11 Å². The SMILES string of the molecule is COc1cc(C(N)CC2CC2)ncn1. The van der Waals surface area contributed by atoms with E-state index in [1.807, 2.05) is 6.07 Å². The number of nitrogens with two attached hydrogens (primary N) is 1. The molecule has 0 saturated heterocycles. The first-order valence-corrected chi connectivity index (χ1v) is 4.91. The predicted octanol–water partition coefficient (Wildman–Crippen LogP) is 1.29. The number of nitrogens with zero attached hydrogens (tertiary/aromatic N) is 2. The summed E-state index contributed by atoms with van der Waals surface area (Å²) in [6, 6.07) is 1.84. The summed E-state index contributed by atoms with van der Waals surface area (Å²) < 4.78 is 5.02. The molecule has 0 amide bonds. The maximum atomic E-state index is 6.01. The van der Waals surface area contributed by atoms with E-state index in [9.17, 15) is 0 Å². The zero-order valence-electron chi connectivity index (χ0n) is 8.31. The zero-order chi connectivity index (χ0) is 9.97. The Hall–Kier alpha value is -1.16. The maximum absolute atomic E-state index is 6.01. The van der Waals surface area contributed by atoms with Crippen LogP contribution in [0.15, 0.2) is 12.4 Å². The van der Waals surface area contributed by atoms with Crippen molar-refractivity contribution in [3.05, 3.63) is 18.1 Å². The van der Waals surface area contributed by atoms with Gasteiger partial charge in [-0.05, 0) is 12.3 Å². The molecule has 1 unspecified atom stereocenters. The van der Waals surface area contributed by atoms with Crippen LogP contribution >= 0.6 is 0 Å². The topological polar surface area (TPSA) is 61.0 Å². The number of hydrogen-bond acceptors (Lipinski definition) is 4. The highest BCUT2D eigenvalue weighted by Crippen LogP contribution is 2.36. The molecule has 0 bridgehead atoms. The predicted molar refractivity (Wildman–Crippen MR) is 52.9 cm³/mol. The van der Waals surface area contributed by atoms with Gasteiger partial charge >= 0.3 is 0 Å². The number of aromatic nitrogens is 2. The van der Waals surface area contributed by atoms with Gasteiger partial charge in [-0.1, -0.05) is 12.8 Å². The number of rotatable bonds is 4. The van der Waals surface area contributed by atoms with Crippen molar-refractivity contribution in [3.63, 3.8) is 0 Å². The third-order valence-electron chi connectivity index (χ3n) is 2.54. The quantitative estimate of drug-likeness (QED) is 0.782. The van der Waals surface area contributed by atoms with E-state index in [1.54, 1.807) is 7.11 Å². The van der Waals surface area contributed by atoms with E-state index in [1.165, 1.54) is 19.2 Å². The molecule has 1 aliphatic rings. The fraction of sp³-hybridized carbons (Fsp3) is 0.600. The molecule has 0 aliphatic heterocycles. The monoisotopic (exact) mass is 193 g/mol. The highest BCUT2D eigenvalue weighted by Gasteiger charge is 2.25. The first-order valence-electron chi connectivity index (χ1n) is 4.91. The average Bonchev–Trinajstić information content (AvgIpc) is 3.02. The van der Waals surface area contributed by atoms with Gasteiger partial charge < -0.3 is 10.5 Å². The minimum absolute atomic E-state index is 0.0272. The molecule has 2 N–H and O–H groups in total. The lowest BCUT2D eigenvalue weighted by Crippen LogP contribution is -2.13. The second-order valence-corrected chi connectivity index (χ2v) is 3.77. The highest BCUT2D eigenvalue weighted by molar-refractivity contribution is 5.16. The van der Waals surface area contributed by atoms with Crippen molar-refractivity contribution in [1.29, 1.82) is 0 Å². The van der Waals surface area contributed by atoms with Crippen molar-refractivity contribution in [3.8, 4) is 5.88 Å². The minimum Gasteiger partial charge on any atom is -0.481 e. The summed E-state index contributed by atoms with van der Waals surface area (Å²) in [5.74, 6) is 1.40. The Kier molecular flexibility index (Phi) is 2.63. The lowest BCUT2D eigenvalue weighted by atomic mass is 10.1. The van der Waals surface area contributed by atoms with Gasteiger partial charge in [-0.25, -0.2) is 9.97 Å². The van der Waals surface area contributed by atoms with Crippen molar-refractivity contribution in [2.24, 2.45) is 11.7 Å². The third-order valence-corrected chi connectivity index (χ3v) is 2.54. The summed E-state index contributed by atoms with van der Waals surface area (Å²) in [4.78, 5) is 8.10. The van der Waals surface area contributed by atoms with Gasteiger partial charge in [-0.15, -0.1) is 0 Å². The molecule has 2 rings (SSSR count). The molecule has 14 heavy (non-hydrogen) atoms. The Bertz CT molecular complexity index is 312. The molecule has 4 heteroatoms. The van der Waals surface area contributed by atoms with Crippen LogP contribution in [0.3, 0.4) is 0 Å². The van der Waals surface area contributed by atoms with Crippen LogP contribution in [0.5, 0.6) is 5.88 Å². The van der Waals surface area contributed by atoms with E-state index in [0.717, 1.165) is 18.0 Å². The standard InChI is InChI=1S/C10H15N3O/c1-14-10-5-9(12-6-13-10)8(11)4-7-2-3-7/h5-8H,2-4,11H2,1H3. The Balaban J connectivity index is 2.05. The zero-order valence-corrected chi connectivity index (χ0v) is 8.31. The van der Waals surface area contributed by atoms with Crippen LogP contribution in [0.2, 0.25) is 0 Å². The molecule has 1 saturated carbocycles. The van der Waals surface area contributed by atoms with Crippen molar-refractivity contribution < 1.29 is 4.74 Å². The van der Waals surface area contributed by atoms with E-state index in [-0.39, 0.29) is 6.04 Å². The summed E-state index contributed by atoms with van der Waals surface area (Å²) >= 11 is 0. The van der Waals surface area contributed by atoms with Crippen LogP contribution < -0.4 is 10.5 Å². The molecule has 1 fully saturated rings.